The monoisotopic (exact) mass is 418 g/mol. The number of hydrogen-bond donors (Lipinski definition) is 1. The van der Waals surface area contributed by atoms with Crippen LogP contribution in [-0.4, -0.2) is 19.2 Å². The van der Waals surface area contributed by atoms with Gasteiger partial charge in [-0.25, -0.2) is 18.5 Å². The van der Waals surface area contributed by atoms with Crippen molar-refractivity contribution in [1.82, 2.24) is 4.98 Å². The van der Waals surface area contributed by atoms with Gasteiger partial charge in [0.25, 0.3) is 5.89 Å². The van der Waals surface area contributed by atoms with Crippen molar-refractivity contribution in [3.63, 3.8) is 0 Å². The average Bonchev–Trinajstić information content (AvgIpc) is 3.34. The summed E-state index contributed by atoms with van der Waals surface area (Å²) in [5.41, 5.74) is 1.34. The van der Waals surface area contributed by atoms with Crippen LogP contribution in [0.15, 0.2) is 57.3 Å². The van der Waals surface area contributed by atoms with Crippen LogP contribution in [0.1, 0.15) is 48.4 Å². The van der Waals surface area contributed by atoms with E-state index in [0.29, 0.717) is 17.1 Å². The van der Waals surface area contributed by atoms with Gasteiger partial charge in [0.2, 0.25) is 15.8 Å². The van der Waals surface area contributed by atoms with Gasteiger partial charge in [0.15, 0.2) is 5.76 Å². The molecule has 3 aromatic rings. The third-order valence-electron chi connectivity index (χ3n) is 4.31. The summed E-state index contributed by atoms with van der Waals surface area (Å²) in [4.78, 5) is 16.8. The smallest absolute Gasteiger partial charge is 0.263 e. The third-order valence-corrected chi connectivity index (χ3v) is 6.85. The van der Waals surface area contributed by atoms with Crippen LogP contribution in [0.5, 0.6) is 0 Å². The van der Waals surface area contributed by atoms with Crippen LogP contribution in [0.4, 0.5) is 0 Å². The second kappa shape index (κ2) is 9.27. The number of hydrogen-bond acceptors (Lipinski definition) is 6. The Labute approximate surface area is 168 Å². The van der Waals surface area contributed by atoms with E-state index >= 15 is 0 Å². The van der Waals surface area contributed by atoms with Gasteiger partial charge >= 0.3 is 0 Å². The number of primary sulfonamides is 1. The fraction of sp³-hybridized carbons (Fsp3) is 0.300. The number of nitrogens with zero attached hydrogens (tertiary/aromatic N) is 1. The number of carbonyl (C=O) groups excluding carboxylic acids is 1. The van der Waals surface area contributed by atoms with E-state index in [1.807, 2.05) is 18.2 Å². The fourth-order valence-electron chi connectivity index (χ4n) is 2.84. The number of aromatic nitrogens is 1. The second-order valence-electron chi connectivity index (χ2n) is 6.52. The van der Waals surface area contributed by atoms with Gasteiger partial charge in [-0.3, -0.25) is 4.79 Å². The number of nitrogens with two attached hydrogens (primary N) is 1. The van der Waals surface area contributed by atoms with E-state index < -0.39 is 10.0 Å². The molecule has 0 spiro atoms. The van der Waals surface area contributed by atoms with Crippen molar-refractivity contribution in [2.24, 2.45) is 5.14 Å². The molecule has 2 heterocycles. The molecule has 0 aliphatic rings. The van der Waals surface area contributed by atoms with Crippen LogP contribution in [0.2, 0.25) is 0 Å². The lowest BCUT2D eigenvalue weighted by atomic mass is 10.0. The lowest BCUT2D eigenvalue weighted by Gasteiger charge is -2.01. The first kappa shape index (κ1) is 20.4. The Bertz CT molecular complexity index is 1020. The van der Waals surface area contributed by atoms with Crippen LogP contribution in [0, 0.1) is 0 Å². The Hall–Kier alpha value is -2.29. The molecule has 1 aromatic carbocycles. The number of rotatable bonds is 10. The molecule has 0 radical (unpaired) electrons. The minimum atomic E-state index is -3.75. The SMILES string of the molecule is NS(=O)(=O)c1ccc(-c2cnc(C(=O)CCCCCCc3ccccc3)o2)s1. The number of oxazole rings is 1. The molecule has 28 heavy (non-hydrogen) atoms. The molecule has 3 rings (SSSR count). The quantitative estimate of drug-likeness (QED) is 0.387. The second-order valence-corrected chi connectivity index (χ2v) is 9.39. The van der Waals surface area contributed by atoms with E-state index in [1.54, 1.807) is 6.07 Å². The predicted molar refractivity (Wildman–Crippen MR) is 109 cm³/mol. The lowest BCUT2D eigenvalue weighted by Crippen LogP contribution is -2.09. The number of ketones is 1. The van der Waals surface area contributed by atoms with Crippen molar-refractivity contribution in [3.8, 4) is 10.6 Å². The predicted octanol–water partition coefficient (Wildman–Crippen LogP) is 4.43. The summed E-state index contributed by atoms with van der Waals surface area (Å²) in [5.74, 6) is 0.286. The molecule has 0 aliphatic carbocycles. The highest BCUT2D eigenvalue weighted by molar-refractivity contribution is 7.91. The number of sulfonamides is 1. The molecule has 0 amide bonds. The largest absolute Gasteiger partial charge is 0.433 e. The molecule has 2 N–H and O–H groups in total. The van der Waals surface area contributed by atoms with Crippen LogP contribution in [-0.2, 0) is 16.4 Å². The topological polar surface area (TPSA) is 103 Å². The number of unbranched alkanes of at least 4 members (excludes halogenated alkanes) is 3. The van der Waals surface area contributed by atoms with E-state index in [1.165, 1.54) is 17.8 Å². The van der Waals surface area contributed by atoms with E-state index in [-0.39, 0.29) is 15.9 Å². The molecule has 8 heteroatoms. The highest BCUT2D eigenvalue weighted by atomic mass is 32.2. The molecule has 0 aliphatic heterocycles. The summed E-state index contributed by atoms with van der Waals surface area (Å²) in [7, 11) is -3.75. The zero-order valence-corrected chi connectivity index (χ0v) is 17.0. The zero-order chi connectivity index (χ0) is 20.0. The molecule has 0 unspecified atom stereocenters. The van der Waals surface area contributed by atoms with Gasteiger partial charge in [-0.1, -0.05) is 43.2 Å². The van der Waals surface area contributed by atoms with Crippen molar-refractivity contribution in [2.75, 3.05) is 0 Å². The summed E-state index contributed by atoms with van der Waals surface area (Å²) in [5, 5.41) is 5.11. The summed E-state index contributed by atoms with van der Waals surface area (Å²) >= 11 is 0.985. The van der Waals surface area contributed by atoms with E-state index in [4.69, 9.17) is 9.56 Å². The van der Waals surface area contributed by atoms with Crippen LogP contribution in [0.25, 0.3) is 10.6 Å². The summed E-state index contributed by atoms with van der Waals surface area (Å²) < 4.78 is 28.3. The minimum Gasteiger partial charge on any atom is -0.433 e. The van der Waals surface area contributed by atoms with Crippen molar-refractivity contribution < 1.29 is 17.6 Å². The van der Waals surface area contributed by atoms with E-state index in [9.17, 15) is 13.2 Å². The number of Topliss-reactive ketones (excluding diaryl/α,β-unsaturated/α-hetero) is 1. The Morgan fingerprint density at radius 3 is 2.50 bits per heavy atom. The van der Waals surface area contributed by atoms with Gasteiger partial charge < -0.3 is 4.42 Å². The normalized spacial score (nSPS) is 11.6. The molecule has 148 valence electrons. The summed E-state index contributed by atoms with van der Waals surface area (Å²) in [6.45, 7) is 0. The molecule has 0 bridgehead atoms. The van der Waals surface area contributed by atoms with E-state index in [0.717, 1.165) is 43.4 Å². The first-order chi connectivity index (χ1) is 13.4. The highest BCUT2D eigenvalue weighted by Crippen LogP contribution is 2.30. The maximum absolute atomic E-state index is 12.2. The molecular weight excluding hydrogens is 396 g/mol. The zero-order valence-electron chi connectivity index (χ0n) is 15.3. The number of aryl methyl sites for hydroxylation is 1. The van der Waals surface area contributed by atoms with Crippen molar-refractivity contribution in [3.05, 3.63) is 60.1 Å². The van der Waals surface area contributed by atoms with Crippen LogP contribution in [0.3, 0.4) is 0 Å². The molecular formula is C20H22N2O4S2. The standard InChI is InChI=1S/C20H22N2O4S2/c21-28(24,25)19-13-12-18(27-19)17-14-22-20(26-17)16(23)11-7-2-1-4-8-15-9-5-3-6-10-15/h3,5-6,9-10,12-14H,1-2,4,7-8,11H2,(H2,21,24,25). The van der Waals surface area contributed by atoms with Gasteiger partial charge in [-0.05, 0) is 37.0 Å². The number of thiophene rings is 1. The summed E-state index contributed by atoms with van der Waals surface area (Å²) in [6, 6.07) is 13.4. The first-order valence-electron chi connectivity index (χ1n) is 9.09. The molecule has 2 aromatic heterocycles. The van der Waals surface area contributed by atoms with Crippen molar-refractivity contribution >= 4 is 27.1 Å². The Balaban J connectivity index is 1.43. The molecule has 0 saturated carbocycles. The van der Waals surface area contributed by atoms with Crippen molar-refractivity contribution in [2.45, 2.75) is 42.7 Å². The van der Waals surface area contributed by atoms with Crippen molar-refractivity contribution in [1.29, 1.82) is 0 Å². The Kier molecular flexibility index (Phi) is 6.77. The van der Waals surface area contributed by atoms with E-state index in [2.05, 4.69) is 17.1 Å². The Morgan fingerprint density at radius 1 is 1.04 bits per heavy atom. The lowest BCUT2D eigenvalue weighted by molar-refractivity contribution is 0.0946. The van der Waals surface area contributed by atoms with Gasteiger partial charge in [-0.2, -0.15) is 0 Å². The van der Waals surface area contributed by atoms with Gasteiger partial charge in [-0.15, -0.1) is 11.3 Å². The summed E-state index contributed by atoms with van der Waals surface area (Å²) in [6.07, 6.45) is 6.83. The van der Waals surface area contributed by atoms with Gasteiger partial charge in [0.05, 0.1) is 11.1 Å². The number of carbonyl (C=O) groups is 1. The first-order valence-corrected chi connectivity index (χ1v) is 11.5. The van der Waals surface area contributed by atoms with Crippen LogP contribution < -0.4 is 5.14 Å². The fourth-order valence-corrected chi connectivity index (χ4v) is 4.52. The number of benzene rings is 1. The van der Waals surface area contributed by atoms with Gasteiger partial charge in [0, 0.05) is 6.42 Å². The molecule has 6 nitrogen and oxygen atoms in total. The van der Waals surface area contributed by atoms with Gasteiger partial charge in [0.1, 0.15) is 4.21 Å². The minimum absolute atomic E-state index is 0.0438. The maximum Gasteiger partial charge on any atom is 0.263 e. The third kappa shape index (κ3) is 5.60. The molecule has 0 saturated heterocycles. The van der Waals surface area contributed by atoms with Crippen LogP contribution >= 0.6 is 11.3 Å². The molecule has 0 fully saturated rings. The molecule has 0 atom stereocenters. The maximum atomic E-state index is 12.2. The Morgan fingerprint density at radius 2 is 1.79 bits per heavy atom. The average molecular weight is 419 g/mol. The highest BCUT2D eigenvalue weighted by Gasteiger charge is 2.17.